The largest absolute Gasteiger partial charge is 0.444 e. The smallest absolute Gasteiger partial charge is 0.413 e. The van der Waals surface area contributed by atoms with Gasteiger partial charge in [-0.1, -0.05) is 0 Å². The molecule has 1 aliphatic heterocycles. The van der Waals surface area contributed by atoms with E-state index in [1.165, 1.54) is 0 Å². The van der Waals surface area contributed by atoms with Crippen molar-refractivity contribution in [2.24, 2.45) is 0 Å². The SMILES string of the molecule is CC(C)(C)OC(=O)N1[C@H](C(F)F)COC1(C)C. The Balaban J connectivity index is 2.87. The van der Waals surface area contributed by atoms with Crippen molar-refractivity contribution in [2.45, 2.75) is 58.4 Å². The maximum Gasteiger partial charge on any atom is 0.413 e. The van der Waals surface area contributed by atoms with Crippen molar-refractivity contribution in [3.8, 4) is 0 Å². The highest BCUT2D eigenvalue weighted by molar-refractivity contribution is 5.69. The summed E-state index contributed by atoms with van der Waals surface area (Å²) in [5.41, 5.74) is -1.79. The number of amides is 1. The molecule has 17 heavy (non-hydrogen) atoms. The van der Waals surface area contributed by atoms with Crippen LogP contribution in [-0.2, 0) is 9.47 Å². The van der Waals surface area contributed by atoms with Gasteiger partial charge in [0.1, 0.15) is 17.4 Å². The molecule has 0 N–H and O–H groups in total. The molecular formula is C11H19F2NO3. The van der Waals surface area contributed by atoms with E-state index in [1.54, 1.807) is 34.6 Å². The standard InChI is InChI=1S/C11H19F2NO3/c1-10(2,3)17-9(15)14-7(8(12)13)6-16-11(14,4)5/h7-8H,6H2,1-5H3/t7-/m0/s1. The van der Waals surface area contributed by atoms with Crippen molar-refractivity contribution in [3.63, 3.8) is 0 Å². The molecule has 1 rings (SSSR count). The third-order valence-electron chi connectivity index (χ3n) is 2.40. The van der Waals surface area contributed by atoms with Crippen molar-refractivity contribution in [3.05, 3.63) is 0 Å². The predicted molar refractivity (Wildman–Crippen MR) is 57.9 cm³/mol. The number of hydrogen-bond donors (Lipinski definition) is 0. The summed E-state index contributed by atoms with van der Waals surface area (Å²) in [7, 11) is 0. The van der Waals surface area contributed by atoms with Gasteiger partial charge in [0.05, 0.1) is 6.61 Å². The zero-order chi connectivity index (χ0) is 13.4. The summed E-state index contributed by atoms with van der Waals surface area (Å²) in [5, 5.41) is 0. The molecule has 4 nitrogen and oxygen atoms in total. The highest BCUT2D eigenvalue weighted by atomic mass is 19.3. The van der Waals surface area contributed by atoms with Gasteiger partial charge in [0.15, 0.2) is 0 Å². The molecule has 1 aliphatic rings. The molecule has 100 valence electrons. The Morgan fingerprint density at radius 2 is 2.00 bits per heavy atom. The van der Waals surface area contributed by atoms with Crippen LogP contribution in [0.2, 0.25) is 0 Å². The molecule has 1 saturated heterocycles. The fourth-order valence-electron chi connectivity index (χ4n) is 1.68. The van der Waals surface area contributed by atoms with E-state index in [2.05, 4.69) is 0 Å². The molecule has 6 heteroatoms. The maximum absolute atomic E-state index is 12.8. The minimum absolute atomic E-state index is 0.177. The van der Waals surface area contributed by atoms with Crippen molar-refractivity contribution >= 4 is 6.09 Å². The van der Waals surface area contributed by atoms with Crippen LogP contribution in [0.15, 0.2) is 0 Å². The molecular weight excluding hydrogens is 232 g/mol. The number of alkyl halides is 2. The van der Waals surface area contributed by atoms with Gasteiger partial charge >= 0.3 is 6.09 Å². The van der Waals surface area contributed by atoms with Crippen LogP contribution in [0.3, 0.4) is 0 Å². The summed E-state index contributed by atoms with van der Waals surface area (Å²) < 4.78 is 35.9. The molecule has 0 bridgehead atoms. The quantitative estimate of drug-likeness (QED) is 0.719. The Morgan fingerprint density at radius 1 is 1.47 bits per heavy atom. The molecule has 1 fully saturated rings. The van der Waals surface area contributed by atoms with E-state index in [0.717, 1.165) is 4.90 Å². The Labute approximate surface area is 99.9 Å². The minimum Gasteiger partial charge on any atom is -0.444 e. The number of carbonyl (C=O) groups excluding carboxylic acids is 1. The summed E-state index contributed by atoms with van der Waals surface area (Å²) in [6.07, 6.45) is -3.42. The number of rotatable bonds is 1. The van der Waals surface area contributed by atoms with Crippen LogP contribution in [-0.4, -0.2) is 41.4 Å². The molecule has 0 spiro atoms. The van der Waals surface area contributed by atoms with Crippen LogP contribution in [0.5, 0.6) is 0 Å². The average Bonchev–Trinajstić information content (AvgIpc) is 2.37. The van der Waals surface area contributed by atoms with Crippen LogP contribution >= 0.6 is 0 Å². The van der Waals surface area contributed by atoms with Gasteiger partial charge in [-0.05, 0) is 34.6 Å². The molecule has 0 aromatic rings. The summed E-state index contributed by atoms with van der Waals surface area (Å²) >= 11 is 0. The van der Waals surface area contributed by atoms with E-state index in [9.17, 15) is 13.6 Å². The molecule has 0 saturated carbocycles. The number of ether oxygens (including phenoxy) is 2. The maximum atomic E-state index is 12.8. The fourth-order valence-corrected chi connectivity index (χ4v) is 1.68. The Morgan fingerprint density at radius 3 is 2.41 bits per heavy atom. The molecule has 0 aliphatic carbocycles. The summed E-state index contributed by atoms with van der Waals surface area (Å²) in [6, 6.07) is -1.25. The highest BCUT2D eigenvalue weighted by Crippen LogP contribution is 2.31. The van der Waals surface area contributed by atoms with Gasteiger partial charge in [0.25, 0.3) is 6.43 Å². The van der Waals surface area contributed by atoms with E-state index >= 15 is 0 Å². The zero-order valence-electron chi connectivity index (χ0n) is 10.8. The zero-order valence-corrected chi connectivity index (χ0v) is 10.8. The fraction of sp³-hybridized carbons (Fsp3) is 0.909. The van der Waals surface area contributed by atoms with Crippen molar-refractivity contribution in [1.29, 1.82) is 0 Å². The van der Waals surface area contributed by atoms with Crippen LogP contribution in [0.4, 0.5) is 13.6 Å². The monoisotopic (exact) mass is 251 g/mol. The van der Waals surface area contributed by atoms with Gasteiger partial charge in [0.2, 0.25) is 0 Å². The molecule has 0 radical (unpaired) electrons. The summed E-state index contributed by atoms with van der Waals surface area (Å²) in [5.74, 6) is 0. The van der Waals surface area contributed by atoms with Gasteiger partial charge < -0.3 is 9.47 Å². The normalized spacial score (nSPS) is 24.2. The highest BCUT2D eigenvalue weighted by Gasteiger charge is 2.49. The Hall–Kier alpha value is -0.910. The van der Waals surface area contributed by atoms with Crippen LogP contribution in [0.1, 0.15) is 34.6 Å². The van der Waals surface area contributed by atoms with Crippen LogP contribution in [0, 0.1) is 0 Å². The second kappa shape index (κ2) is 4.40. The predicted octanol–water partition coefficient (Wildman–Crippen LogP) is 2.62. The van der Waals surface area contributed by atoms with Gasteiger partial charge in [-0.25, -0.2) is 13.6 Å². The second-order valence-electron chi connectivity index (χ2n) is 5.51. The van der Waals surface area contributed by atoms with Crippen LogP contribution in [0.25, 0.3) is 0 Å². The number of nitrogens with zero attached hydrogens (tertiary/aromatic N) is 1. The number of carbonyl (C=O) groups is 1. The van der Waals surface area contributed by atoms with E-state index in [-0.39, 0.29) is 6.61 Å². The number of halogens is 2. The third kappa shape index (κ3) is 3.28. The first-order valence-corrected chi connectivity index (χ1v) is 5.49. The lowest BCUT2D eigenvalue weighted by molar-refractivity contribution is -0.0699. The second-order valence-corrected chi connectivity index (χ2v) is 5.51. The summed E-state index contributed by atoms with van der Waals surface area (Å²) in [4.78, 5) is 12.9. The first kappa shape index (κ1) is 14.2. The third-order valence-corrected chi connectivity index (χ3v) is 2.40. The molecule has 1 heterocycles. The van der Waals surface area contributed by atoms with Crippen LogP contribution < -0.4 is 0 Å². The van der Waals surface area contributed by atoms with Gasteiger partial charge in [-0.3, -0.25) is 4.90 Å². The molecule has 0 aromatic carbocycles. The van der Waals surface area contributed by atoms with E-state index in [1.807, 2.05) is 0 Å². The number of hydrogen-bond acceptors (Lipinski definition) is 3. The van der Waals surface area contributed by atoms with E-state index in [0.29, 0.717) is 0 Å². The Kier molecular flexibility index (Phi) is 3.66. The summed E-state index contributed by atoms with van der Waals surface area (Å²) in [6.45, 7) is 8.02. The van der Waals surface area contributed by atoms with Gasteiger partial charge in [-0.15, -0.1) is 0 Å². The molecule has 1 amide bonds. The van der Waals surface area contributed by atoms with E-state index < -0.39 is 29.9 Å². The molecule has 1 atom stereocenters. The lowest BCUT2D eigenvalue weighted by Gasteiger charge is -2.34. The lowest BCUT2D eigenvalue weighted by atomic mass is 10.2. The van der Waals surface area contributed by atoms with Crippen molar-refractivity contribution < 1.29 is 23.0 Å². The first-order valence-electron chi connectivity index (χ1n) is 5.49. The molecule has 0 unspecified atom stereocenters. The topological polar surface area (TPSA) is 38.8 Å². The van der Waals surface area contributed by atoms with Crippen molar-refractivity contribution in [2.75, 3.05) is 6.61 Å². The first-order chi connectivity index (χ1) is 7.54. The van der Waals surface area contributed by atoms with Gasteiger partial charge in [0, 0.05) is 0 Å². The van der Waals surface area contributed by atoms with Crippen molar-refractivity contribution in [1.82, 2.24) is 4.90 Å². The minimum atomic E-state index is -2.65. The molecule has 0 aromatic heterocycles. The van der Waals surface area contributed by atoms with E-state index in [4.69, 9.17) is 9.47 Å². The Bertz CT molecular complexity index is 300. The van der Waals surface area contributed by atoms with Gasteiger partial charge in [-0.2, -0.15) is 0 Å². The average molecular weight is 251 g/mol. The lowest BCUT2D eigenvalue weighted by Crippen LogP contribution is -2.51.